The molecule has 0 spiro atoms. The fourth-order valence-corrected chi connectivity index (χ4v) is 7.60. The van der Waals surface area contributed by atoms with Crippen molar-refractivity contribution in [1.29, 1.82) is 0 Å². The summed E-state index contributed by atoms with van der Waals surface area (Å²) in [5.41, 5.74) is 1.97. The van der Waals surface area contributed by atoms with Crippen molar-refractivity contribution in [3.8, 4) is 0 Å². The maximum absolute atomic E-state index is 15.1. The molecule has 0 bridgehead atoms. The zero-order valence-corrected chi connectivity index (χ0v) is 27.9. The zero-order chi connectivity index (χ0) is 33.4. The maximum atomic E-state index is 15.1. The number of anilines is 1. The van der Waals surface area contributed by atoms with Crippen LogP contribution in [0.15, 0.2) is 108 Å². The Balaban J connectivity index is 1.58. The van der Waals surface area contributed by atoms with E-state index in [2.05, 4.69) is 5.32 Å². The topological polar surface area (TPSA) is 86.8 Å². The Morgan fingerprint density at radius 1 is 0.872 bits per heavy atom. The number of benzene rings is 4. The average molecular weight is 676 g/mol. The van der Waals surface area contributed by atoms with E-state index in [1.165, 1.54) is 35.2 Å². The predicted octanol–water partition coefficient (Wildman–Crippen LogP) is 7.07. The fraction of sp³-hybridized carbons (Fsp3) is 0.297. The maximum Gasteiger partial charge on any atom is 0.264 e. The number of hydrogen-bond donors (Lipinski definition) is 1. The lowest BCUT2D eigenvalue weighted by Crippen LogP contribution is -2.55. The van der Waals surface area contributed by atoms with Gasteiger partial charge in [-0.3, -0.25) is 13.9 Å². The van der Waals surface area contributed by atoms with Crippen molar-refractivity contribution in [2.75, 3.05) is 10.8 Å². The van der Waals surface area contributed by atoms with Gasteiger partial charge in [-0.2, -0.15) is 0 Å². The molecule has 0 radical (unpaired) electrons. The number of hydrogen-bond acceptors (Lipinski definition) is 4. The fourth-order valence-electron chi connectivity index (χ4n) is 6.00. The predicted molar refractivity (Wildman–Crippen MR) is 183 cm³/mol. The minimum atomic E-state index is -4.28. The molecule has 5 rings (SSSR count). The number of halogens is 2. The van der Waals surface area contributed by atoms with Crippen LogP contribution in [0.1, 0.15) is 48.8 Å². The number of nitrogens with one attached hydrogen (secondary N) is 1. The molecule has 246 valence electrons. The normalized spacial score (nSPS) is 14.3. The van der Waals surface area contributed by atoms with Gasteiger partial charge in [0.1, 0.15) is 18.4 Å². The van der Waals surface area contributed by atoms with E-state index in [0.717, 1.165) is 42.0 Å². The third kappa shape index (κ3) is 8.58. The summed E-state index contributed by atoms with van der Waals surface area (Å²) in [4.78, 5) is 30.0. The monoisotopic (exact) mass is 675 g/mol. The number of para-hydroxylation sites is 1. The van der Waals surface area contributed by atoms with E-state index < -0.39 is 34.3 Å². The SMILES string of the molecule is Cc1ccccc1N(CC(=O)N(Cc1ccccc1F)[C@@H](Cc1ccccc1)C(=O)NC1CCCCC1)S(=O)(=O)c1ccc(Cl)cc1. The first-order valence-corrected chi connectivity index (χ1v) is 17.7. The van der Waals surface area contributed by atoms with Crippen molar-refractivity contribution in [3.05, 3.63) is 131 Å². The highest BCUT2D eigenvalue weighted by molar-refractivity contribution is 7.92. The van der Waals surface area contributed by atoms with Gasteiger partial charge in [-0.15, -0.1) is 0 Å². The second-order valence-corrected chi connectivity index (χ2v) is 14.2. The highest BCUT2D eigenvalue weighted by atomic mass is 35.5. The smallest absolute Gasteiger partial charge is 0.264 e. The Morgan fingerprint density at radius 2 is 1.51 bits per heavy atom. The lowest BCUT2D eigenvalue weighted by atomic mass is 9.94. The molecule has 2 amide bonds. The molecule has 1 saturated carbocycles. The summed E-state index contributed by atoms with van der Waals surface area (Å²) < 4.78 is 44.6. The molecule has 0 aromatic heterocycles. The molecule has 0 aliphatic heterocycles. The molecule has 1 fully saturated rings. The minimum Gasteiger partial charge on any atom is -0.352 e. The van der Waals surface area contributed by atoms with Gasteiger partial charge in [0, 0.05) is 29.6 Å². The van der Waals surface area contributed by atoms with Crippen LogP contribution in [0, 0.1) is 12.7 Å². The lowest BCUT2D eigenvalue weighted by molar-refractivity contribution is -0.140. The van der Waals surface area contributed by atoms with Gasteiger partial charge < -0.3 is 10.2 Å². The van der Waals surface area contributed by atoms with Crippen LogP contribution >= 0.6 is 11.6 Å². The van der Waals surface area contributed by atoms with Crippen LogP contribution in [0.4, 0.5) is 10.1 Å². The van der Waals surface area contributed by atoms with Crippen LogP contribution in [-0.4, -0.2) is 43.8 Å². The van der Waals surface area contributed by atoms with Crippen LogP contribution in [0.5, 0.6) is 0 Å². The largest absolute Gasteiger partial charge is 0.352 e. The van der Waals surface area contributed by atoms with Gasteiger partial charge in [-0.05, 0) is 67.3 Å². The first-order chi connectivity index (χ1) is 22.6. The molecule has 7 nitrogen and oxygen atoms in total. The Morgan fingerprint density at radius 3 is 2.19 bits per heavy atom. The molecule has 1 N–H and O–H groups in total. The second-order valence-electron chi connectivity index (χ2n) is 11.9. The number of carbonyl (C=O) groups is 2. The number of carbonyl (C=O) groups excluding carboxylic acids is 2. The molecule has 1 aliphatic carbocycles. The first kappa shape index (κ1) is 34.1. The quantitative estimate of drug-likeness (QED) is 0.174. The summed E-state index contributed by atoms with van der Waals surface area (Å²) in [5, 5.41) is 3.53. The standard InChI is InChI=1S/C37H39ClFN3O4S/c1-27-12-8-11-19-34(27)42(47(45,46)32-22-20-30(38)21-23-32)26-36(43)41(25-29-15-9-10-18-33(29)39)35(24-28-13-4-2-5-14-28)37(44)40-31-16-6-3-7-17-31/h2,4-5,8-15,18-23,31,35H,3,6-7,16-17,24-26H2,1H3,(H,40,44)/t35-/m0/s1. The second kappa shape index (κ2) is 15.6. The summed E-state index contributed by atoms with van der Waals surface area (Å²) in [6.07, 6.45) is 4.94. The summed E-state index contributed by atoms with van der Waals surface area (Å²) >= 11 is 6.06. The molecular formula is C37H39ClFN3O4S. The number of aryl methyl sites for hydroxylation is 1. The number of sulfonamides is 1. The Bertz CT molecular complexity index is 1780. The third-order valence-corrected chi connectivity index (χ3v) is 10.6. The van der Waals surface area contributed by atoms with Gasteiger partial charge in [0.25, 0.3) is 10.0 Å². The van der Waals surface area contributed by atoms with E-state index in [-0.39, 0.29) is 35.4 Å². The van der Waals surface area contributed by atoms with Gasteiger partial charge >= 0.3 is 0 Å². The summed E-state index contributed by atoms with van der Waals surface area (Å²) in [7, 11) is -4.28. The number of nitrogens with zero attached hydrogens (tertiary/aromatic N) is 2. The Labute approximate surface area is 281 Å². The highest BCUT2D eigenvalue weighted by Crippen LogP contribution is 2.29. The molecule has 1 aliphatic rings. The van der Waals surface area contributed by atoms with E-state index in [1.807, 2.05) is 30.3 Å². The number of amides is 2. The molecular weight excluding hydrogens is 637 g/mol. The van der Waals surface area contributed by atoms with Crippen molar-refractivity contribution in [2.45, 2.75) is 69.0 Å². The molecule has 0 saturated heterocycles. The zero-order valence-electron chi connectivity index (χ0n) is 26.3. The van der Waals surface area contributed by atoms with Crippen molar-refractivity contribution >= 4 is 39.1 Å². The summed E-state index contributed by atoms with van der Waals surface area (Å²) in [6, 6.07) is 26.9. The number of rotatable bonds is 12. The van der Waals surface area contributed by atoms with Crippen molar-refractivity contribution in [1.82, 2.24) is 10.2 Å². The minimum absolute atomic E-state index is 0.0336. The van der Waals surface area contributed by atoms with Crippen molar-refractivity contribution in [2.24, 2.45) is 0 Å². The van der Waals surface area contributed by atoms with Gasteiger partial charge in [0.2, 0.25) is 11.8 Å². The van der Waals surface area contributed by atoms with Gasteiger partial charge in [0.05, 0.1) is 10.6 Å². The molecule has 1 atom stereocenters. The molecule has 47 heavy (non-hydrogen) atoms. The van der Waals surface area contributed by atoms with E-state index in [0.29, 0.717) is 16.3 Å². The summed E-state index contributed by atoms with van der Waals surface area (Å²) in [5.74, 6) is -1.52. The van der Waals surface area contributed by atoms with E-state index in [9.17, 15) is 18.0 Å². The van der Waals surface area contributed by atoms with Crippen LogP contribution in [-0.2, 0) is 32.6 Å². The van der Waals surface area contributed by atoms with Crippen molar-refractivity contribution in [3.63, 3.8) is 0 Å². The molecule has 0 unspecified atom stereocenters. The van der Waals surface area contributed by atoms with Gasteiger partial charge in [0.15, 0.2) is 0 Å². The Kier molecular flexibility index (Phi) is 11.3. The average Bonchev–Trinajstić information content (AvgIpc) is 3.07. The molecule has 0 heterocycles. The van der Waals surface area contributed by atoms with E-state index in [1.54, 1.807) is 49.4 Å². The molecule has 10 heteroatoms. The van der Waals surface area contributed by atoms with Crippen LogP contribution in [0.25, 0.3) is 0 Å². The summed E-state index contributed by atoms with van der Waals surface area (Å²) in [6.45, 7) is 0.910. The third-order valence-electron chi connectivity index (χ3n) is 8.59. The molecule has 4 aromatic rings. The van der Waals surface area contributed by atoms with Crippen LogP contribution in [0.3, 0.4) is 0 Å². The van der Waals surface area contributed by atoms with Crippen LogP contribution < -0.4 is 9.62 Å². The van der Waals surface area contributed by atoms with E-state index >= 15 is 4.39 Å². The highest BCUT2D eigenvalue weighted by Gasteiger charge is 2.36. The van der Waals surface area contributed by atoms with Gasteiger partial charge in [-0.1, -0.05) is 97.6 Å². The molecule has 4 aromatic carbocycles. The first-order valence-electron chi connectivity index (χ1n) is 15.8. The van der Waals surface area contributed by atoms with E-state index in [4.69, 9.17) is 11.6 Å². The van der Waals surface area contributed by atoms with Crippen LogP contribution in [0.2, 0.25) is 5.02 Å². The lowest BCUT2D eigenvalue weighted by Gasteiger charge is -2.35. The van der Waals surface area contributed by atoms with Gasteiger partial charge in [-0.25, -0.2) is 12.8 Å². The Hall–Kier alpha value is -4.21. The van der Waals surface area contributed by atoms with Crippen molar-refractivity contribution < 1.29 is 22.4 Å².